The van der Waals surface area contributed by atoms with E-state index < -0.39 is 0 Å². The van der Waals surface area contributed by atoms with Crippen LogP contribution in [0.3, 0.4) is 0 Å². The van der Waals surface area contributed by atoms with Crippen LogP contribution in [0.2, 0.25) is 0 Å². The van der Waals surface area contributed by atoms with Crippen LogP contribution in [0.4, 0.5) is 0 Å². The van der Waals surface area contributed by atoms with Crippen LogP contribution in [0.1, 0.15) is 30.3 Å². The van der Waals surface area contributed by atoms with Crippen molar-refractivity contribution in [3.8, 4) is 6.07 Å². The number of nitriles is 1. The Morgan fingerprint density at radius 3 is 3.00 bits per heavy atom. The van der Waals surface area contributed by atoms with E-state index in [-0.39, 0.29) is 6.10 Å². The van der Waals surface area contributed by atoms with E-state index in [1.165, 1.54) is 4.88 Å². The fraction of sp³-hybridized carbons (Fsp3) is 0.636. The molecule has 0 aliphatic carbocycles. The van der Waals surface area contributed by atoms with Gasteiger partial charge in [-0.15, -0.1) is 11.3 Å². The normalized spacial score (nSPS) is 12.3. The van der Waals surface area contributed by atoms with Gasteiger partial charge >= 0.3 is 0 Å². The van der Waals surface area contributed by atoms with Gasteiger partial charge in [0.1, 0.15) is 0 Å². The smallest absolute Gasteiger partial charge is 0.0797 e. The second kappa shape index (κ2) is 6.54. The van der Waals surface area contributed by atoms with E-state index in [0.29, 0.717) is 13.0 Å². The van der Waals surface area contributed by atoms with E-state index in [1.54, 1.807) is 11.3 Å². The lowest BCUT2D eigenvalue weighted by Crippen LogP contribution is -2.12. The van der Waals surface area contributed by atoms with Crippen LogP contribution in [0.5, 0.6) is 0 Å². The topological polar surface area (TPSA) is 45.9 Å². The van der Waals surface area contributed by atoms with Crippen molar-refractivity contribution in [2.45, 2.75) is 39.2 Å². The van der Waals surface area contributed by atoms with Crippen LogP contribution in [0.25, 0.3) is 0 Å². The molecule has 1 atom stereocenters. The fourth-order valence-corrected chi connectivity index (χ4v) is 2.07. The molecule has 0 radical (unpaired) electrons. The maximum absolute atomic E-state index is 8.56. The van der Waals surface area contributed by atoms with E-state index in [1.807, 2.05) is 19.4 Å². The van der Waals surface area contributed by atoms with Crippen molar-refractivity contribution < 1.29 is 4.74 Å². The Labute approximate surface area is 94.7 Å². The summed E-state index contributed by atoms with van der Waals surface area (Å²) < 4.78 is 5.62. The number of hydrogen-bond acceptors (Lipinski definition) is 4. The number of rotatable bonds is 6. The average molecular weight is 224 g/mol. The maximum atomic E-state index is 8.56. The number of nitrogens with zero attached hydrogens (tertiary/aromatic N) is 2. The standard InChI is InChI=1S/C11H16N2OS/c1-3-10(4-6-12)14-7-5-11-9(2)13-8-15-11/h8,10H,3-5,7H2,1-2H3. The van der Waals surface area contributed by atoms with Crippen LogP contribution >= 0.6 is 11.3 Å². The number of aromatic nitrogens is 1. The van der Waals surface area contributed by atoms with Crippen LogP contribution in [-0.2, 0) is 11.2 Å². The highest BCUT2D eigenvalue weighted by Crippen LogP contribution is 2.13. The van der Waals surface area contributed by atoms with Crippen molar-refractivity contribution >= 4 is 11.3 Å². The van der Waals surface area contributed by atoms with Crippen molar-refractivity contribution in [1.29, 1.82) is 5.26 Å². The van der Waals surface area contributed by atoms with Gasteiger partial charge in [-0.1, -0.05) is 6.92 Å². The third kappa shape index (κ3) is 3.98. The van der Waals surface area contributed by atoms with E-state index >= 15 is 0 Å². The summed E-state index contributed by atoms with van der Waals surface area (Å²) in [6, 6.07) is 2.14. The predicted octanol–water partition coefficient (Wildman–Crippen LogP) is 2.70. The van der Waals surface area contributed by atoms with E-state index in [2.05, 4.69) is 11.1 Å². The lowest BCUT2D eigenvalue weighted by Gasteiger charge is -2.11. The largest absolute Gasteiger partial charge is 0.377 e. The van der Waals surface area contributed by atoms with Gasteiger partial charge in [0.05, 0.1) is 36.4 Å². The zero-order valence-corrected chi connectivity index (χ0v) is 10.0. The van der Waals surface area contributed by atoms with Crippen molar-refractivity contribution in [2.24, 2.45) is 0 Å². The molecule has 1 rings (SSSR count). The first-order valence-electron chi connectivity index (χ1n) is 5.15. The Balaban J connectivity index is 2.27. The van der Waals surface area contributed by atoms with Crippen LogP contribution < -0.4 is 0 Å². The molecule has 0 saturated carbocycles. The molecule has 0 aliphatic rings. The minimum atomic E-state index is 0.0863. The summed E-state index contributed by atoms with van der Waals surface area (Å²) in [6.07, 6.45) is 2.37. The molecule has 4 heteroatoms. The van der Waals surface area contributed by atoms with Crippen LogP contribution in [-0.4, -0.2) is 17.7 Å². The summed E-state index contributed by atoms with van der Waals surface area (Å²) in [7, 11) is 0. The number of hydrogen-bond donors (Lipinski definition) is 0. The Morgan fingerprint density at radius 1 is 1.67 bits per heavy atom. The van der Waals surface area contributed by atoms with Gasteiger partial charge in [-0.3, -0.25) is 0 Å². The molecule has 1 heterocycles. The highest BCUT2D eigenvalue weighted by Gasteiger charge is 2.07. The van der Waals surface area contributed by atoms with Gasteiger partial charge in [0, 0.05) is 11.3 Å². The quantitative estimate of drug-likeness (QED) is 0.746. The molecule has 0 saturated heterocycles. The minimum Gasteiger partial charge on any atom is -0.377 e. The lowest BCUT2D eigenvalue weighted by molar-refractivity contribution is 0.0564. The van der Waals surface area contributed by atoms with Crippen molar-refractivity contribution in [3.05, 3.63) is 16.1 Å². The SMILES string of the molecule is CCC(CC#N)OCCc1scnc1C. The molecule has 1 aromatic heterocycles. The molecule has 0 N–H and O–H groups in total. The van der Waals surface area contributed by atoms with Crippen molar-refractivity contribution in [1.82, 2.24) is 4.98 Å². The molecule has 1 unspecified atom stereocenters. The molecule has 0 amide bonds. The average Bonchev–Trinajstić information content (AvgIpc) is 2.63. The summed E-state index contributed by atoms with van der Waals surface area (Å²) in [5, 5.41) is 8.56. The number of aryl methyl sites for hydroxylation is 1. The molecule has 0 bridgehead atoms. The Kier molecular flexibility index (Phi) is 5.30. The summed E-state index contributed by atoms with van der Waals surface area (Å²) in [4.78, 5) is 5.46. The third-order valence-corrected chi connectivity index (χ3v) is 3.30. The summed E-state index contributed by atoms with van der Waals surface area (Å²) >= 11 is 1.67. The molecule has 3 nitrogen and oxygen atoms in total. The second-order valence-electron chi connectivity index (χ2n) is 3.37. The highest BCUT2D eigenvalue weighted by atomic mass is 32.1. The Hall–Kier alpha value is -0.920. The van der Waals surface area contributed by atoms with Crippen LogP contribution in [0, 0.1) is 18.3 Å². The molecular weight excluding hydrogens is 208 g/mol. The molecule has 0 aromatic carbocycles. The predicted molar refractivity (Wildman–Crippen MR) is 60.8 cm³/mol. The molecule has 0 fully saturated rings. The van der Waals surface area contributed by atoms with E-state index in [4.69, 9.17) is 10.00 Å². The molecule has 82 valence electrons. The Bertz CT molecular complexity index is 330. The highest BCUT2D eigenvalue weighted by molar-refractivity contribution is 7.09. The lowest BCUT2D eigenvalue weighted by atomic mass is 10.2. The number of thiazole rings is 1. The minimum absolute atomic E-state index is 0.0863. The molecular formula is C11H16N2OS. The maximum Gasteiger partial charge on any atom is 0.0797 e. The van der Waals surface area contributed by atoms with E-state index in [0.717, 1.165) is 18.5 Å². The summed E-state index contributed by atoms with van der Waals surface area (Å²) in [5.41, 5.74) is 2.95. The fourth-order valence-electron chi connectivity index (χ4n) is 1.31. The summed E-state index contributed by atoms with van der Waals surface area (Å²) in [6.45, 7) is 4.74. The van der Waals surface area contributed by atoms with Crippen molar-refractivity contribution in [2.75, 3.05) is 6.61 Å². The van der Waals surface area contributed by atoms with Gasteiger partial charge in [0.15, 0.2) is 0 Å². The third-order valence-electron chi connectivity index (χ3n) is 2.30. The van der Waals surface area contributed by atoms with Crippen molar-refractivity contribution in [3.63, 3.8) is 0 Å². The van der Waals surface area contributed by atoms with Gasteiger partial charge in [0.25, 0.3) is 0 Å². The molecule has 1 aromatic rings. The first-order valence-corrected chi connectivity index (χ1v) is 6.03. The van der Waals surface area contributed by atoms with E-state index in [9.17, 15) is 0 Å². The zero-order valence-electron chi connectivity index (χ0n) is 9.19. The van der Waals surface area contributed by atoms with Gasteiger partial charge in [-0.25, -0.2) is 4.98 Å². The second-order valence-corrected chi connectivity index (χ2v) is 4.31. The molecule has 15 heavy (non-hydrogen) atoms. The number of ether oxygens (including phenoxy) is 1. The monoisotopic (exact) mass is 224 g/mol. The van der Waals surface area contributed by atoms with Crippen LogP contribution in [0.15, 0.2) is 5.51 Å². The zero-order chi connectivity index (χ0) is 11.1. The molecule has 0 aliphatic heterocycles. The first-order chi connectivity index (χ1) is 7.27. The Morgan fingerprint density at radius 2 is 2.47 bits per heavy atom. The summed E-state index contributed by atoms with van der Waals surface area (Å²) in [5.74, 6) is 0. The first kappa shape index (κ1) is 12.2. The van der Waals surface area contributed by atoms with Gasteiger partial charge < -0.3 is 4.74 Å². The van der Waals surface area contributed by atoms with Gasteiger partial charge in [0.2, 0.25) is 0 Å². The van der Waals surface area contributed by atoms with Gasteiger partial charge in [-0.2, -0.15) is 5.26 Å². The van der Waals surface area contributed by atoms with Gasteiger partial charge in [-0.05, 0) is 13.3 Å². The molecule has 0 spiro atoms.